The lowest BCUT2D eigenvalue weighted by atomic mass is 10.0. The Balaban J connectivity index is 1.51. The molecule has 0 bridgehead atoms. The summed E-state index contributed by atoms with van der Waals surface area (Å²) in [5.74, 6) is 0. The Hall–Kier alpha value is -1.34. The van der Waals surface area contributed by atoms with E-state index < -0.39 is 0 Å². The van der Waals surface area contributed by atoms with E-state index in [9.17, 15) is 0 Å². The average molecular weight is 521 g/mol. The van der Waals surface area contributed by atoms with Crippen LogP contribution in [0.3, 0.4) is 0 Å². The van der Waals surface area contributed by atoms with E-state index in [1.807, 2.05) is 0 Å². The molecular formula is C36H60Si. The van der Waals surface area contributed by atoms with Crippen LogP contribution in [-0.2, 0) is 12.8 Å². The molecule has 208 valence electrons. The van der Waals surface area contributed by atoms with Crippen molar-refractivity contribution < 1.29 is 0 Å². The highest BCUT2D eigenvalue weighted by Gasteiger charge is 2.01. The maximum atomic E-state index is 2.41. The molecule has 2 rings (SSSR count). The zero-order valence-electron chi connectivity index (χ0n) is 24.9. The van der Waals surface area contributed by atoms with Gasteiger partial charge in [-0.3, -0.25) is 0 Å². The second-order valence-electron chi connectivity index (χ2n) is 11.7. The van der Waals surface area contributed by atoms with Crippen LogP contribution in [-0.4, -0.2) is 9.52 Å². The van der Waals surface area contributed by atoms with Crippen molar-refractivity contribution in [2.45, 2.75) is 155 Å². The Morgan fingerprint density at radius 2 is 0.622 bits per heavy atom. The van der Waals surface area contributed by atoms with Gasteiger partial charge in [0.05, 0.1) is 9.52 Å². The van der Waals surface area contributed by atoms with E-state index in [-0.39, 0.29) is 9.52 Å². The van der Waals surface area contributed by atoms with Crippen molar-refractivity contribution in [1.82, 2.24) is 0 Å². The zero-order valence-corrected chi connectivity index (χ0v) is 26.3. The van der Waals surface area contributed by atoms with Crippen LogP contribution in [0.15, 0.2) is 48.5 Å². The molecule has 37 heavy (non-hydrogen) atoms. The van der Waals surface area contributed by atoms with Crippen LogP contribution in [0, 0.1) is 0 Å². The third-order valence-electron chi connectivity index (χ3n) is 8.09. The van der Waals surface area contributed by atoms with Gasteiger partial charge in [-0.2, -0.15) is 0 Å². The number of aryl methyl sites for hydroxylation is 2. The highest BCUT2D eigenvalue weighted by molar-refractivity contribution is 6.67. The summed E-state index contributed by atoms with van der Waals surface area (Å²) in [7, 11) is -0.349. The van der Waals surface area contributed by atoms with Crippen LogP contribution in [0.5, 0.6) is 0 Å². The molecule has 0 aliphatic heterocycles. The van der Waals surface area contributed by atoms with Gasteiger partial charge in [0, 0.05) is 0 Å². The summed E-state index contributed by atoms with van der Waals surface area (Å²) in [4.78, 5) is 0. The molecule has 1 heteroatoms. The number of unbranched alkanes of at least 4 members (excludes halogenated alkanes) is 18. The standard InChI is InChI=1S/C36H60Si/c1-3-5-7-9-11-13-15-17-19-21-23-33-25-29-35(30-26-33)37-36-31-27-34(28-32-36)24-22-20-18-16-14-12-10-8-6-4-2/h25-32H,3-24,37H2,1-2H3. The van der Waals surface area contributed by atoms with E-state index in [1.54, 1.807) is 10.4 Å². The topological polar surface area (TPSA) is 0 Å². The Morgan fingerprint density at radius 3 is 0.919 bits per heavy atom. The third-order valence-corrected chi connectivity index (χ3v) is 9.85. The van der Waals surface area contributed by atoms with Crippen molar-refractivity contribution in [2.75, 3.05) is 0 Å². The molecule has 0 fully saturated rings. The van der Waals surface area contributed by atoms with Gasteiger partial charge < -0.3 is 0 Å². The summed E-state index contributed by atoms with van der Waals surface area (Å²) >= 11 is 0. The minimum absolute atomic E-state index is 0.349. The van der Waals surface area contributed by atoms with Crippen molar-refractivity contribution in [2.24, 2.45) is 0 Å². The molecule has 0 amide bonds. The molecule has 0 atom stereocenters. The number of benzene rings is 2. The molecule has 2 aromatic rings. The highest BCUT2D eigenvalue weighted by atomic mass is 28.2. The van der Waals surface area contributed by atoms with Gasteiger partial charge >= 0.3 is 0 Å². The maximum Gasteiger partial charge on any atom is 0.0875 e. The minimum Gasteiger partial charge on any atom is -0.0654 e. The number of hydrogen-bond donors (Lipinski definition) is 0. The Bertz CT molecular complexity index is 680. The second-order valence-corrected chi connectivity index (χ2v) is 13.7. The Morgan fingerprint density at radius 1 is 0.351 bits per heavy atom. The first kappa shape index (κ1) is 31.9. The molecule has 0 spiro atoms. The predicted molar refractivity (Wildman–Crippen MR) is 172 cm³/mol. The first-order chi connectivity index (χ1) is 18.3. The van der Waals surface area contributed by atoms with Gasteiger partial charge in [-0.25, -0.2) is 0 Å². The molecule has 0 aliphatic carbocycles. The van der Waals surface area contributed by atoms with Gasteiger partial charge in [-0.1, -0.05) is 188 Å². The van der Waals surface area contributed by atoms with Crippen molar-refractivity contribution in [3.63, 3.8) is 0 Å². The van der Waals surface area contributed by atoms with Crippen LogP contribution in [0.1, 0.15) is 153 Å². The van der Waals surface area contributed by atoms with Crippen LogP contribution in [0.25, 0.3) is 0 Å². The molecule has 2 aromatic carbocycles. The first-order valence-electron chi connectivity index (χ1n) is 16.5. The monoisotopic (exact) mass is 520 g/mol. The van der Waals surface area contributed by atoms with Crippen molar-refractivity contribution in [1.29, 1.82) is 0 Å². The van der Waals surface area contributed by atoms with Crippen LogP contribution >= 0.6 is 0 Å². The van der Waals surface area contributed by atoms with Gasteiger partial charge in [0.2, 0.25) is 0 Å². The number of hydrogen-bond acceptors (Lipinski definition) is 0. The van der Waals surface area contributed by atoms with Crippen LogP contribution in [0.4, 0.5) is 0 Å². The average Bonchev–Trinajstić information content (AvgIpc) is 2.92. The molecule has 0 heterocycles. The fourth-order valence-electron chi connectivity index (χ4n) is 5.52. The van der Waals surface area contributed by atoms with Crippen LogP contribution in [0.2, 0.25) is 0 Å². The van der Waals surface area contributed by atoms with E-state index in [0.29, 0.717) is 0 Å². The van der Waals surface area contributed by atoms with Crippen molar-refractivity contribution in [3.05, 3.63) is 59.7 Å². The lowest BCUT2D eigenvalue weighted by Crippen LogP contribution is -2.26. The van der Waals surface area contributed by atoms with Gasteiger partial charge in [0.1, 0.15) is 0 Å². The van der Waals surface area contributed by atoms with Gasteiger partial charge in [0.25, 0.3) is 0 Å². The van der Waals surface area contributed by atoms with Crippen molar-refractivity contribution in [3.8, 4) is 0 Å². The van der Waals surface area contributed by atoms with E-state index in [2.05, 4.69) is 62.4 Å². The molecule has 0 nitrogen and oxygen atoms in total. The third kappa shape index (κ3) is 17.0. The minimum atomic E-state index is -0.349. The van der Waals surface area contributed by atoms with Gasteiger partial charge in [-0.05, 0) is 36.8 Å². The van der Waals surface area contributed by atoms with E-state index >= 15 is 0 Å². The second kappa shape index (κ2) is 22.6. The first-order valence-corrected chi connectivity index (χ1v) is 17.9. The molecule has 0 aliphatic rings. The zero-order chi connectivity index (χ0) is 26.2. The van der Waals surface area contributed by atoms with E-state index in [4.69, 9.17) is 0 Å². The fraction of sp³-hybridized carbons (Fsp3) is 0.667. The molecule has 0 saturated heterocycles. The summed E-state index contributed by atoms with van der Waals surface area (Å²) < 4.78 is 0. The maximum absolute atomic E-state index is 2.41. The SMILES string of the molecule is CCCCCCCCCCCCc1ccc([SiH2]c2ccc(CCCCCCCCCCCC)cc2)cc1. The lowest BCUT2D eigenvalue weighted by Gasteiger charge is -2.07. The summed E-state index contributed by atoms with van der Waals surface area (Å²) in [6, 6.07) is 19.2. The Kier molecular flexibility index (Phi) is 19.5. The highest BCUT2D eigenvalue weighted by Crippen LogP contribution is 2.13. The van der Waals surface area contributed by atoms with Crippen LogP contribution < -0.4 is 10.4 Å². The van der Waals surface area contributed by atoms with E-state index in [1.165, 1.54) is 152 Å². The molecule has 0 saturated carbocycles. The molecular weight excluding hydrogens is 460 g/mol. The molecule has 0 radical (unpaired) electrons. The summed E-state index contributed by atoms with van der Waals surface area (Å²) in [5.41, 5.74) is 3.06. The Labute approximate surface area is 234 Å². The summed E-state index contributed by atoms with van der Waals surface area (Å²) in [6.45, 7) is 4.60. The predicted octanol–water partition coefficient (Wildman–Crippen LogP) is 9.73. The normalized spacial score (nSPS) is 11.3. The molecule has 0 unspecified atom stereocenters. The summed E-state index contributed by atoms with van der Waals surface area (Å²) in [5, 5.41) is 3.16. The van der Waals surface area contributed by atoms with Crippen molar-refractivity contribution >= 4 is 19.9 Å². The fourth-order valence-corrected chi connectivity index (χ4v) is 6.93. The quantitative estimate of drug-likeness (QED) is 0.0954. The van der Waals surface area contributed by atoms with Gasteiger partial charge in [0.15, 0.2) is 0 Å². The largest absolute Gasteiger partial charge is 0.0875 e. The molecule has 0 N–H and O–H groups in total. The lowest BCUT2D eigenvalue weighted by molar-refractivity contribution is 0.556. The van der Waals surface area contributed by atoms with Gasteiger partial charge in [-0.15, -0.1) is 0 Å². The number of rotatable bonds is 24. The smallest absolute Gasteiger partial charge is 0.0654 e. The molecule has 0 aromatic heterocycles. The van der Waals surface area contributed by atoms with E-state index in [0.717, 1.165) is 0 Å². The summed E-state index contributed by atoms with van der Waals surface area (Å²) in [6.07, 6.45) is 30.9.